The molecule has 1 N–H and O–H groups in total. The fraction of sp³-hybridized carbons (Fsp3) is 0.455. The summed E-state index contributed by atoms with van der Waals surface area (Å²) >= 11 is 6.08. The van der Waals surface area contributed by atoms with E-state index in [1.807, 2.05) is 38.1 Å². The smallest absolute Gasteiger partial charge is 0.142 e. The molecular formula is C11H17ClN2O. The Bertz CT molecular complexity index is 342. The molecule has 0 atom stereocenters. The number of nitrogens with zero attached hydrogens (tertiary/aromatic N) is 1. The molecule has 0 fully saturated rings. The van der Waals surface area contributed by atoms with Crippen molar-refractivity contribution in [2.75, 3.05) is 32.8 Å². The van der Waals surface area contributed by atoms with Gasteiger partial charge in [0, 0.05) is 12.1 Å². The average molecular weight is 229 g/mol. The van der Waals surface area contributed by atoms with Crippen molar-refractivity contribution in [1.29, 1.82) is 0 Å². The Labute approximate surface area is 96.0 Å². The lowest BCUT2D eigenvalue weighted by molar-refractivity contribution is 0.414. The van der Waals surface area contributed by atoms with E-state index in [1.165, 1.54) is 0 Å². The van der Waals surface area contributed by atoms with Crippen LogP contribution in [0, 0.1) is 6.92 Å². The minimum atomic E-state index is 0.746. The highest BCUT2D eigenvalue weighted by Crippen LogP contribution is 2.32. The Balaban J connectivity index is 3.09. The van der Waals surface area contributed by atoms with E-state index in [0.717, 1.165) is 28.7 Å². The Morgan fingerprint density at radius 1 is 1.47 bits per heavy atom. The molecule has 0 saturated carbocycles. The molecule has 0 aliphatic carbocycles. The second-order valence-corrected chi connectivity index (χ2v) is 3.89. The van der Waals surface area contributed by atoms with E-state index >= 15 is 0 Å². The van der Waals surface area contributed by atoms with Crippen LogP contribution in [0.4, 0.5) is 5.69 Å². The molecule has 0 amide bonds. The average Bonchev–Trinajstić information content (AvgIpc) is 2.21. The Morgan fingerprint density at radius 3 is 2.67 bits per heavy atom. The third-order valence-corrected chi connectivity index (χ3v) is 2.67. The van der Waals surface area contributed by atoms with Gasteiger partial charge in [0.25, 0.3) is 0 Å². The van der Waals surface area contributed by atoms with Crippen molar-refractivity contribution >= 4 is 17.3 Å². The zero-order valence-corrected chi connectivity index (χ0v) is 10.4. The first-order chi connectivity index (χ1) is 7.10. The van der Waals surface area contributed by atoms with Gasteiger partial charge in [-0.05, 0) is 31.7 Å². The molecule has 0 aliphatic heterocycles. The SMILES string of the molecule is CNCN(C)c1cc(Cl)c(C)cc1OC. The summed E-state index contributed by atoms with van der Waals surface area (Å²) in [4.78, 5) is 2.05. The van der Waals surface area contributed by atoms with Crippen LogP contribution < -0.4 is 15.0 Å². The van der Waals surface area contributed by atoms with Crippen molar-refractivity contribution < 1.29 is 4.74 Å². The second-order valence-electron chi connectivity index (χ2n) is 3.48. The van der Waals surface area contributed by atoms with Gasteiger partial charge in [-0.15, -0.1) is 0 Å². The molecular weight excluding hydrogens is 212 g/mol. The van der Waals surface area contributed by atoms with Crippen LogP contribution in [0.1, 0.15) is 5.56 Å². The van der Waals surface area contributed by atoms with Crippen LogP contribution in [0.5, 0.6) is 5.75 Å². The number of hydrogen-bond acceptors (Lipinski definition) is 3. The number of rotatable bonds is 4. The van der Waals surface area contributed by atoms with E-state index in [2.05, 4.69) is 5.32 Å². The zero-order valence-electron chi connectivity index (χ0n) is 9.60. The Hall–Kier alpha value is -0.930. The van der Waals surface area contributed by atoms with Gasteiger partial charge in [0.15, 0.2) is 0 Å². The van der Waals surface area contributed by atoms with Gasteiger partial charge in [0.05, 0.1) is 19.5 Å². The molecule has 0 bridgehead atoms. The molecule has 0 radical (unpaired) electrons. The third-order valence-electron chi connectivity index (χ3n) is 2.27. The summed E-state index contributed by atoms with van der Waals surface area (Å²) < 4.78 is 5.32. The molecule has 0 spiro atoms. The summed E-state index contributed by atoms with van der Waals surface area (Å²) in [5.74, 6) is 0.842. The van der Waals surface area contributed by atoms with Crippen LogP contribution >= 0.6 is 11.6 Å². The quantitative estimate of drug-likeness (QED) is 0.801. The van der Waals surface area contributed by atoms with Gasteiger partial charge in [0.1, 0.15) is 5.75 Å². The minimum absolute atomic E-state index is 0.746. The van der Waals surface area contributed by atoms with Crippen LogP contribution in [0.25, 0.3) is 0 Å². The monoisotopic (exact) mass is 228 g/mol. The molecule has 0 aliphatic rings. The number of anilines is 1. The van der Waals surface area contributed by atoms with Gasteiger partial charge in [-0.2, -0.15) is 0 Å². The fourth-order valence-corrected chi connectivity index (χ4v) is 1.59. The normalized spacial score (nSPS) is 10.2. The maximum absolute atomic E-state index is 6.08. The van der Waals surface area contributed by atoms with Gasteiger partial charge < -0.3 is 15.0 Å². The van der Waals surface area contributed by atoms with Crippen molar-refractivity contribution in [3.8, 4) is 5.75 Å². The van der Waals surface area contributed by atoms with Gasteiger partial charge in [-0.3, -0.25) is 0 Å². The second kappa shape index (κ2) is 5.24. The molecule has 0 aromatic heterocycles. The highest BCUT2D eigenvalue weighted by atomic mass is 35.5. The van der Waals surface area contributed by atoms with Crippen molar-refractivity contribution in [1.82, 2.24) is 5.32 Å². The molecule has 0 unspecified atom stereocenters. The fourth-order valence-electron chi connectivity index (χ4n) is 1.43. The lowest BCUT2D eigenvalue weighted by atomic mass is 10.2. The molecule has 0 saturated heterocycles. The minimum Gasteiger partial charge on any atom is -0.495 e. The first kappa shape index (κ1) is 12.1. The van der Waals surface area contributed by atoms with Crippen molar-refractivity contribution in [3.05, 3.63) is 22.7 Å². The summed E-state index contributed by atoms with van der Waals surface area (Å²) in [5.41, 5.74) is 2.01. The summed E-state index contributed by atoms with van der Waals surface area (Å²) in [5, 5.41) is 3.84. The van der Waals surface area contributed by atoms with Crippen molar-refractivity contribution in [2.45, 2.75) is 6.92 Å². The number of aryl methyl sites for hydroxylation is 1. The predicted octanol–water partition coefficient (Wildman–Crippen LogP) is 2.27. The topological polar surface area (TPSA) is 24.5 Å². The van der Waals surface area contributed by atoms with Gasteiger partial charge in [-0.1, -0.05) is 11.6 Å². The number of nitrogens with one attached hydrogen (secondary N) is 1. The lowest BCUT2D eigenvalue weighted by Crippen LogP contribution is -2.28. The van der Waals surface area contributed by atoms with E-state index < -0.39 is 0 Å². The van der Waals surface area contributed by atoms with Crippen molar-refractivity contribution in [3.63, 3.8) is 0 Å². The first-order valence-corrected chi connectivity index (χ1v) is 5.17. The molecule has 1 aromatic carbocycles. The summed E-state index contributed by atoms with van der Waals surface area (Å²) in [6.07, 6.45) is 0. The molecule has 84 valence electrons. The van der Waals surface area contributed by atoms with Crippen LogP contribution in [-0.4, -0.2) is 27.9 Å². The molecule has 3 nitrogen and oxygen atoms in total. The van der Waals surface area contributed by atoms with Gasteiger partial charge >= 0.3 is 0 Å². The van der Waals surface area contributed by atoms with Gasteiger partial charge in [0.2, 0.25) is 0 Å². The maximum Gasteiger partial charge on any atom is 0.142 e. The highest BCUT2D eigenvalue weighted by Gasteiger charge is 2.10. The number of ether oxygens (including phenoxy) is 1. The van der Waals surface area contributed by atoms with Crippen LogP contribution in [0.3, 0.4) is 0 Å². The largest absolute Gasteiger partial charge is 0.495 e. The van der Waals surface area contributed by atoms with Crippen LogP contribution in [0.2, 0.25) is 5.02 Å². The standard InChI is InChI=1S/C11H17ClN2O/c1-8-5-11(15-4)10(6-9(8)12)14(3)7-13-2/h5-6,13H,7H2,1-4H3. The van der Waals surface area contributed by atoms with Crippen LogP contribution in [-0.2, 0) is 0 Å². The zero-order chi connectivity index (χ0) is 11.4. The number of methoxy groups -OCH3 is 1. The summed E-state index contributed by atoms with van der Waals surface area (Å²) in [6, 6.07) is 3.87. The molecule has 1 rings (SSSR count). The molecule has 15 heavy (non-hydrogen) atoms. The highest BCUT2D eigenvalue weighted by molar-refractivity contribution is 6.31. The van der Waals surface area contributed by atoms with E-state index in [4.69, 9.17) is 16.3 Å². The van der Waals surface area contributed by atoms with E-state index in [-0.39, 0.29) is 0 Å². The summed E-state index contributed by atoms with van der Waals surface area (Å²) in [7, 11) is 5.55. The van der Waals surface area contributed by atoms with Gasteiger partial charge in [-0.25, -0.2) is 0 Å². The number of hydrogen-bond donors (Lipinski definition) is 1. The Morgan fingerprint density at radius 2 is 2.13 bits per heavy atom. The number of benzene rings is 1. The molecule has 0 heterocycles. The van der Waals surface area contributed by atoms with Crippen LogP contribution in [0.15, 0.2) is 12.1 Å². The molecule has 1 aromatic rings. The first-order valence-electron chi connectivity index (χ1n) is 4.80. The maximum atomic E-state index is 6.08. The summed E-state index contributed by atoms with van der Waals surface area (Å²) in [6.45, 7) is 2.71. The Kier molecular flexibility index (Phi) is 4.24. The lowest BCUT2D eigenvalue weighted by Gasteiger charge is -2.22. The van der Waals surface area contributed by atoms with E-state index in [0.29, 0.717) is 0 Å². The predicted molar refractivity (Wildman–Crippen MR) is 65.1 cm³/mol. The van der Waals surface area contributed by atoms with E-state index in [1.54, 1.807) is 7.11 Å². The third kappa shape index (κ3) is 2.76. The molecule has 4 heteroatoms. The van der Waals surface area contributed by atoms with E-state index in [9.17, 15) is 0 Å². The number of halogens is 1. The van der Waals surface area contributed by atoms with Crippen molar-refractivity contribution in [2.24, 2.45) is 0 Å².